The third-order valence-electron chi connectivity index (χ3n) is 4.11. The van der Waals surface area contributed by atoms with E-state index >= 15 is 0 Å². The molecule has 1 atom stereocenters. The highest BCUT2D eigenvalue weighted by molar-refractivity contribution is 5.98. The van der Waals surface area contributed by atoms with Crippen LogP contribution in [0.2, 0.25) is 0 Å². The van der Waals surface area contributed by atoms with Crippen LogP contribution in [0.4, 0.5) is 4.79 Å². The van der Waals surface area contributed by atoms with Gasteiger partial charge in [0, 0.05) is 25.0 Å². The van der Waals surface area contributed by atoms with Gasteiger partial charge in [-0.05, 0) is 38.3 Å². The van der Waals surface area contributed by atoms with Gasteiger partial charge in [0.15, 0.2) is 0 Å². The van der Waals surface area contributed by atoms with E-state index in [2.05, 4.69) is 16.7 Å². The summed E-state index contributed by atoms with van der Waals surface area (Å²) in [6, 6.07) is 5.37. The van der Waals surface area contributed by atoms with Gasteiger partial charge in [-0.1, -0.05) is 13.8 Å². The summed E-state index contributed by atoms with van der Waals surface area (Å²) in [4.78, 5) is 24.5. The lowest BCUT2D eigenvalue weighted by molar-refractivity contribution is 0.0942. The number of ether oxygens (including phenoxy) is 1. The highest BCUT2D eigenvalue weighted by Crippen LogP contribution is 2.25. The van der Waals surface area contributed by atoms with Gasteiger partial charge in [-0.2, -0.15) is 5.26 Å². The van der Waals surface area contributed by atoms with Gasteiger partial charge in [0.2, 0.25) is 5.88 Å². The van der Waals surface area contributed by atoms with Crippen LogP contribution in [-0.2, 0) is 4.74 Å². The fourth-order valence-corrected chi connectivity index (χ4v) is 2.96. The Labute approximate surface area is 164 Å². The highest BCUT2D eigenvalue weighted by atomic mass is 16.5. The zero-order valence-corrected chi connectivity index (χ0v) is 16.6. The fraction of sp³-hybridized carbons (Fsp3) is 0.450. The first kappa shape index (κ1) is 21.1. The second-order valence-electron chi connectivity index (χ2n) is 6.82. The van der Waals surface area contributed by atoms with Gasteiger partial charge >= 0.3 is 6.09 Å². The van der Waals surface area contributed by atoms with Crippen molar-refractivity contribution in [2.45, 2.75) is 40.2 Å². The molecule has 0 radical (unpaired) electrons. The van der Waals surface area contributed by atoms with E-state index in [1.807, 2.05) is 13.8 Å². The van der Waals surface area contributed by atoms with Crippen molar-refractivity contribution in [2.75, 3.05) is 13.2 Å². The smallest absolute Gasteiger partial charge is 0.407 e. The van der Waals surface area contributed by atoms with E-state index in [-0.39, 0.29) is 30.3 Å². The van der Waals surface area contributed by atoms with E-state index in [1.54, 1.807) is 42.9 Å². The predicted octanol–water partition coefficient (Wildman–Crippen LogP) is 3.14. The molecule has 8 heteroatoms. The van der Waals surface area contributed by atoms with Crippen LogP contribution in [0.1, 0.15) is 48.9 Å². The molecule has 2 amide bonds. The van der Waals surface area contributed by atoms with Crippen LogP contribution in [-0.4, -0.2) is 35.8 Å². The topological polar surface area (TPSA) is 109 Å². The first-order valence-corrected chi connectivity index (χ1v) is 9.25. The maximum atomic E-state index is 12.8. The quantitative estimate of drug-likeness (QED) is 0.724. The number of amides is 2. The van der Waals surface area contributed by atoms with Gasteiger partial charge in [0.1, 0.15) is 23.0 Å². The molecule has 0 bridgehead atoms. The molecule has 2 N–H and O–H groups in total. The molecule has 1 unspecified atom stereocenters. The number of carbonyl (C=O) groups is 2. The van der Waals surface area contributed by atoms with Crippen LogP contribution < -0.4 is 10.6 Å². The van der Waals surface area contributed by atoms with E-state index in [0.717, 1.165) is 0 Å². The van der Waals surface area contributed by atoms with Crippen molar-refractivity contribution in [3.8, 4) is 12.0 Å². The van der Waals surface area contributed by atoms with Crippen molar-refractivity contribution in [1.29, 1.82) is 5.26 Å². The number of aromatic nitrogens is 1. The number of nitriles is 1. The van der Waals surface area contributed by atoms with Crippen molar-refractivity contribution < 1.29 is 18.7 Å². The maximum absolute atomic E-state index is 12.8. The second kappa shape index (κ2) is 9.65. The minimum atomic E-state index is -0.519. The Kier molecular flexibility index (Phi) is 7.27. The Morgan fingerprint density at radius 1 is 1.32 bits per heavy atom. The summed E-state index contributed by atoms with van der Waals surface area (Å²) in [5, 5.41) is 15.1. The Morgan fingerprint density at radius 3 is 2.57 bits per heavy atom. The Hall–Kier alpha value is -3.21. The van der Waals surface area contributed by atoms with Crippen LogP contribution in [0.25, 0.3) is 5.88 Å². The molecule has 2 heterocycles. The third-order valence-corrected chi connectivity index (χ3v) is 4.11. The minimum absolute atomic E-state index is 0.171. The first-order valence-electron chi connectivity index (χ1n) is 9.25. The van der Waals surface area contributed by atoms with Crippen molar-refractivity contribution in [1.82, 2.24) is 15.2 Å². The molecule has 0 aliphatic heterocycles. The number of rotatable bonds is 8. The highest BCUT2D eigenvalue weighted by Gasteiger charge is 2.25. The van der Waals surface area contributed by atoms with Crippen molar-refractivity contribution in [2.24, 2.45) is 5.92 Å². The molecule has 2 aromatic rings. The summed E-state index contributed by atoms with van der Waals surface area (Å²) in [6.07, 6.45) is 3.63. The van der Waals surface area contributed by atoms with Crippen LogP contribution in [0.5, 0.6) is 0 Å². The zero-order chi connectivity index (χ0) is 20.7. The molecule has 150 valence electrons. The van der Waals surface area contributed by atoms with Crippen LogP contribution in [0, 0.1) is 24.2 Å². The summed E-state index contributed by atoms with van der Waals surface area (Å²) >= 11 is 0. The number of alkyl carbamates (subject to hydrolysis) is 1. The number of nitrogens with zero attached hydrogens (tertiary/aromatic N) is 2. The van der Waals surface area contributed by atoms with Gasteiger partial charge in [-0.15, -0.1) is 0 Å². The molecule has 2 rings (SSSR count). The molecule has 0 saturated heterocycles. The largest absolute Gasteiger partial charge is 0.450 e. The fourth-order valence-electron chi connectivity index (χ4n) is 2.96. The molecule has 0 spiro atoms. The molecule has 0 aliphatic rings. The zero-order valence-electron chi connectivity index (χ0n) is 16.6. The van der Waals surface area contributed by atoms with Crippen LogP contribution in [0.3, 0.4) is 0 Å². The SMILES string of the molecule is CCOC(=O)NC(CNC(=O)c1c(C)oc(-n2cccc2)c1C#N)CC(C)C. The molecule has 0 fully saturated rings. The lowest BCUT2D eigenvalue weighted by Gasteiger charge is -2.20. The van der Waals surface area contributed by atoms with Gasteiger partial charge in [-0.25, -0.2) is 4.79 Å². The lowest BCUT2D eigenvalue weighted by Crippen LogP contribution is -2.44. The molecular formula is C20H26N4O4. The molecule has 0 aliphatic carbocycles. The summed E-state index contributed by atoms with van der Waals surface area (Å²) in [6.45, 7) is 7.91. The van der Waals surface area contributed by atoms with Crippen molar-refractivity contribution in [3.63, 3.8) is 0 Å². The van der Waals surface area contributed by atoms with E-state index in [0.29, 0.717) is 24.0 Å². The van der Waals surface area contributed by atoms with Crippen LogP contribution in [0.15, 0.2) is 28.9 Å². The molecule has 8 nitrogen and oxygen atoms in total. The summed E-state index contributed by atoms with van der Waals surface area (Å²) in [5.41, 5.74) is 0.371. The van der Waals surface area contributed by atoms with E-state index < -0.39 is 12.0 Å². The molecule has 0 saturated carbocycles. The molecule has 28 heavy (non-hydrogen) atoms. The van der Waals surface area contributed by atoms with E-state index in [9.17, 15) is 14.9 Å². The van der Waals surface area contributed by atoms with Crippen LogP contribution >= 0.6 is 0 Å². The van der Waals surface area contributed by atoms with E-state index in [1.165, 1.54) is 0 Å². The van der Waals surface area contributed by atoms with Crippen molar-refractivity contribution in [3.05, 3.63) is 41.4 Å². The average Bonchev–Trinajstić information content (AvgIpc) is 3.26. The number of hydrogen-bond donors (Lipinski definition) is 2. The maximum Gasteiger partial charge on any atom is 0.407 e. The standard InChI is InChI=1S/C20H26N4O4/c1-5-27-20(26)23-15(10-13(2)3)12-22-18(25)17-14(4)28-19(16(17)11-21)24-8-6-7-9-24/h6-9,13,15H,5,10,12H2,1-4H3,(H,22,25)(H,23,26). The van der Waals surface area contributed by atoms with Gasteiger partial charge < -0.3 is 19.8 Å². The Bertz CT molecular complexity index is 846. The second-order valence-corrected chi connectivity index (χ2v) is 6.82. The number of carbonyl (C=O) groups excluding carboxylic acids is 2. The number of aryl methyl sites for hydroxylation is 1. The number of hydrogen-bond acceptors (Lipinski definition) is 5. The predicted molar refractivity (Wildman–Crippen MR) is 103 cm³/mol. The van der Waals surface area contributed by atoms with Gasteiger partial charge in [0.25, 0.3) is 5.91 Å². The summed E-state index contributed by atoms with van der Waals surface area (Å²) in [7, 11) is 0. The average molecular weight is 386 g/mol. The summed E-state index contributed by atoms with van der Waals surface area (Å²) < 4.78 is 12.2. The van der Waals surface area contributed by atoms with Gasteiger partial charge in [0.05, 0.1) is 6.61 Å². The Balaban J connectivity index is 2.15. The monoisotopic (exact) mass is 386 g/mol. The van der Waals surface area contributed by atoms with Crippen molar-refractivity contribution >= 4 is 12.0 Å². The number of nitrogens with one attached hydrogen (secondary N) is 2. The third kappa shape index (κ3) is 5.16. The molecular weight excluding hydrogens is 360 g/mol. The lowest BCUT2D eigenvalue weighted by atomic mass is 10.0. The molecule has 2 aromatic heterocycles. The van der Waals surface area contributed by atoms with E-state index in [4.69, 9.17) is 9.15 Å². The van der Waals surface area contributed by atoms with Gasteiger partial charge in [-0.3, -0.25) is 9.36 Å². The Morgan fingerprint density at radius 2 is 2.00 bits per heavy atom. The first-order chi connectivity index (χ1) is 13.4. The summed E-state index contributed by atoms with van der Waals surface area (Å²) in [5.74, 6) is 0.556. The number of furan rings is 1. The minimum Gasteiger partial charge on any atom is -0.450 e. The normalized spacial score (nSPS) is 11.7. The molecule has 0 aromatic carbocycles.